The number of benzene rings is 3. The third kappa shape index (κ3) is 6.30. The summed E-state index contributed by atoms with van der Waals surface area (Å²) in [6, 6.07) is 18.2. The Morgan fingerprint density at radius 2 is 1.48 bits per heavy atom. The molecule has 3 aromatic rings. The number of allylic oxidation sites excluding steroid dienone is 1. The van der Waals surface area contributed by atoms with Gasteiger partial charge in [-0.15, -0.1) is 0 Å². The van der Waals surface area contributed by atoms with Crippen LogP contribution in [0.2, 0.25) is 0 Å². The number of hydrogen-bond acceptors (Lipinski definition) is 2. The molecule has 7 heteroatoms. The van der Waals surface area contributed by atoms with Gasteiger partial charge in [0.2, 0.25) is 0 Å². The molecule has 0 bridgehead atoms. The Labute approximate surface area is 178 Å². The van der Waals surface area contributed by atoms with Gasteiger partial charge in [0.05, 0.1) is 11.3 Å². The van der Waals surface area contributed by atoms with Crippen LogP contribution in [0, 0.1) is 5.82 Å². The van der Waals surface area contributed by atoms with Crippen LogP contribution in [0.5, 0.6) is 0 Å². The molecule has 0 saturated heterocycles. The minimum Gasteiger partial charge on any atom is -0.257 e. The lowest BCUT2D eigenvalue weighted by atomic mass is 10.1. The largest absolute Gasteiger partial charge is 0.416 e. The smallest absolute Gasteiger partial charge is 0.257 e. The predicted molar refractivity (Wildman–Crippen MR) is 114 cm³/mol. The van der Waals surface area contributed by atoms with E-state index < -0.39 is 11.7 Å². The first kappa shape index (κ1) is 21.3. The molecule has 3 rings (SSSR count). The van der Waals surface area contributed by atoms with Crippen LogP contribution in [0.1, 0.15) is 11.1 Å². The SMILES string of the molecule is Fc1ccc(SC(=CC=Nc2ccc(Br)cc2)c2ccc(C(F)(F)F)cc2)cc1. The fourth-order valence-electron chi connectivity index (χ4n) is 2.36. The third-order valence-corrected chi connectivity index (χ3v) is 5.44. The van der Waals surface area contributed by atoms with Gasteiger partial charge in [-0.25, -0.2) is 4.39 Å². The number of hydrogen-bond donors (Lipinski definition) is 0. The summed E-state index contributed by atoms with van der Waals surface area (Å²) in [4.78, 5) is 5.79. The van der Waals surface area contributed by atoms with E-state index in [1.54, 1.807) is 24.4 Å². The molecule has 0 aliphatic rings. The third-order valence-electron chi connectivity index (χ3n) is 3.81. The lowest BCUT2D eigenvalue weighted by molar-refractivity contribution is -0.137. The van der Waals surface area contributed by atoms with E-state index in [4.69, 9.17) is 0 Å². The first-order valence-corrected chi connectivity index (χ1v) is 10.0. The van der Waals surface area contributed by atoms with Gasteiger partial charge < -0.3 is 0 Å². The number of nitrogens with zero attached hydrogens (tertiary/aromatic N) is 1. The molecule has 0 amide bonds. The molecule has 0 N–H and O–H groups in total. The van der Waals surface area contributed by atoms with Gasteiger partial charge in [-0.05, 0) is 72.3 Å². The maximum Gasteiger partial charge on any atom is 0.416 e. The second-order valence-electron chi connectivity index (χ2n) is 5.92. The molecule has 148 valence electrons. The molecule has 29 heavy (non-hydrogen) atoms. The van der Waals surface area contributed by atoms with E-state index in [-0.39, 0.29) is 5.82 Å². The first-order chi connectivity index (χ1) is 13.8. The Balaban J connectivity index is 1.90. The summed E-state index contributed by atoms with van der Waals surface area (Å²) in [5.41, 5.74) is 0.633. The van der Waals surface area contributed by atoms with Gasteiger partial charge >= 0.3 is 6.18 Å². The lowest BCUT2D eigenvalue weighted by Gasteiger charge is -2.10. The van der Waals surface area contributed by atoms with Gasteiger partial charge in [0, 0.05) is 20.5 Å². The molecular weight excluding hydrogens is 466 g/mol. The highest BCUT2D eigenvalue weighted by molar-refractivity contribution is 9.10. The van der Waals surface area contributed by atoms with E-state index in [0.717, 1.165) is 27.2 Å². The summed E-state index contributed by atoms with van der Waals surface area (Å²) >= 11 is 4.67. The maximum absolute atomic E-state index is 13.2. The molecule has 0 radical (unpaired) electrons. The molecule has 0 heterocycles. The van der Waals surface area contributed by atoms with E-state index in [0.29, 0.717) is 10.5 Å². The van der Waals surface area contributed by atoms with E-state index in [9.17, 15) is 17.6 Å². The minimum atomic E-state index is -4.39. The van der Waals surface area contributed by atoms with Crippen molar-refractivity contribution in [3.63, 3.8) is 0 Å². The number of halogens is 5. The van der Waals surface area contributed by atoms with Gasteiger partial charge in [-0.3, -0.25) is 4.99 Å². The summed E-state index contributed by atoms with van der Waals surface area (Å²) in [5, 5.41) is 0. The summed E-state index contributed by atoms with van der Waals surface area (Å²) in [7, 11) is 0. The molecule has 0 atom stereocenters. The maximum atomic E-state index is 13.2. The zero-order valence-electron chi connectivity index (χ0n) is 14.8. The van der Waals surface area contributed by atoms with Crippen molar-refractivity contribution < 1.29 is 17.6 Å². The average molecular weight is 480 g/mol. The first-order valence-electron chi connectivity index (χ1n) is 8.42. The topological polar surface area (TPSA) is 12.4 Å². The van der Waals surface area contributed by atoms with E-state index >= 15 is 0 Å². The van der Waals surface area contributed by atoms with E-state index in [1.165, 1.54) is 36.0 Å². The standard InChI is InChI=1S/C22H14BrF4NS/c23-17-5-9-19(10-6-17)28-14-13-21(29-20-11-7-18(24)8-12-20)15-1-3-16(4-2-15)22(25,26)27/h1-14H. The summed E-state index contributed by atoms with van der Waals surface area (Å²) < 4.78 is 52.6. The monoisotopic (exact) mass is 479 g/mol. The Morgan fingerprint density at radius 3 is 2.07 bits per heavy atom. The Morgan fingerprint density at radius 1 is 0.862 bits per heavy atom. The zero-order valence-corrected chi connectivity index (χ0v) is 17.2. The second kappa shape index (κ2) is 9.41. The Bertz CT molecular complexity index is 1010. The molecule has 0 aliphatic heterocycles. The normalized spacial score (nSPS) is 12.5. The number of rotatable bonds is 5. The molecule has 0 unspecified atom stereocenters. The number of alkyl halides is 3. The summed E-state index contributed by atoms with van der Waals surface area (Å²) in [5.74, 6) is -0.355. The van der Waals surface area contributed by atoms with Crippen molar-refractivity contribution in [3.05, 3.63) is 100 Å². The van der Waals surface area contributed by atoms with Crippen LogP contribution >= 0.6 is 27.7 Å². The van der Waals surface area contributed by atoms with E-state index in [2.05, 4.69) is 20.9 Å². The predicted octanol–water partition coefficient (Wildman–Crippen LogP) is 8.14. The molecule has 0 fully saturated rings. The van der Waals surface area contributed by atoms with Crippen LogP contribution in [0.4, 0.5) is 23.2 Å². The van der Waals surface area contributed by atoms with Crippen LogP contribution < -0.4 is 0 Å². The van der Waals surface area contributed by atoms with Gasteiger partial charge in [-0.1, -0.05) is 39.8 Å². The highest BCUT2D eigenvalue weighted by Gasteiger charge is 2.30. The van der Waals surface area contributed by atoms with Crippen molar-refractivity contribution in [1.82, 2.24) is 0 Å². The fraction of sp³-hybridized carbons (Fsp3) is 0.0455. The second-order valence-corrected chi connectivity index (χ2v) is 7.95. The van der Waals surface area contributed by atoms with Gasteiger partial charge in [0.1, 0.15) is 5.82 Å². The van der Waals surface area contributed by atoms with Crippen LogP contribution in [0.15, 0.2) is 93.2 Å². The van der Waals surface area contributed by atoms with Gasteiger partial charge in [0.25, 0.3) is 0 Å². The minimum absolute atomic E-state index is 0.355. The van der Waals surface area contributed by atoms with Crippen LogP contribution in [0.3, 0.4) is 0 Å². The van der Waals surface area contributed by atoms with Crippen molar-refractivity contribution in [2.75, 3.05) is 0 Å². The van der Waals surface area contributed by atoms with E-state index in [1.807, 2.05) is 24.3 Å². The summed E-state index contributed by atoms with van der Waals surface area (Å²) in [6.07, 6.45) is -1.08. The lowest BCUT2D eigenvalue weighted by Crippen LogP contribution is -2.04. The number of aliphatic imine (C=N–C) groups is 1. The van der Waals surface area contributed by atoms with Crippen LogP contribution in [0.25, 0.3) is 4.91 Å². The average Bonchev–Trinajstić information content (AvgIpc) is 2.70. The molecule has 1 nitrogen and oxygen atoms in total. The zero-order chi connectivity index (χ0) is 20.9. The molecule has 0 aromatic heterocycles. The molecule has 0 saturated carbocycles. The summed E-state index contributed by atoms with van der Waals surface area (Å²) in [6.45, 7) is 0. The fourth-order valence-corrected chi connectivity index (χ4v) is 3.53. The van der Waals surface area contributed by atoms with Crippen molar-refractivity contribution in [2.24, 2.45) is 4.99 Å². The molecule has 3 aromatic carbocycles. The van der Waals surface area contributed by atoms with Crippen molar-refractivity contribution >= 4 is 44.5 Å². The van der Waals surface area contributed by atoms with Crippen molar-refractivity contribution in [1.29, 1.82) is 0 Å². The number of thioether (sulfide) groups is 1. The van der Waals surface area contributed by atoms with Gasteiger partial charge in [-0.2, -0.15) is 13.2 Å². The van der Waals surface area contributed by atoms with Crippen LogP contribution in [-0.2, 0) is 6.18 Å². The van der Waals surface area contributed by atoms with Crippen molar-refractivity contribution in [3.8, 4) is 0 Å². The Kier molecular flexibility index (Phi) is 6.92. The molecular formula is C22H14BrF4NS. The van der Waals surface area contributed by atoms with Crippen molar-refractivity contribution in [2.45, 2.75) is 11.1 Å². The van der Waals surface area contributed by atoms with Crippen LogP contribution in [-0.4, -0.2) is 6.21 Å². The molecule has 0 spiro atoms. The Hall–Kier alpha value is -2.38. The molecule has 0 aliphatic carbocycles. The van der Waals surface area contributed by atoms with Gasteiger partial charge in [0.15, 0.2) is 0 Å². The highest BCUT2D eigenvalue weighted by Crippen LogP contribution is 2.36. The quantitative estimate of drug-likeness (QED) is 0.204. The highest BCUT2D eigenvalue weighted by atomic mass is 79.9.